The van der Waals surface area contributed by atoms with Gasteiger partial charge in [0.15, 0.2) is 0 Å². The van der Waals surface area contributed by atoms with Gasteiger partial charge in [0.2, 0.25) is 0 Å². The van der Waals surface area contributed by atoms with Gasteiger partial charge in [-0.3, -0.25) is 0 Å². The SMILES string of the molecule is COc1ccc(/C=N\n2c(N/N=C/c3ccc(OC)cc3)nnc2N/N=C/c2ccc(OC)cc2)cc1. The van der Waals surface area contributed by atoms with Crippen molar-refractivity contribution in [3.05, 3.63) is 89.5 Å². The molecule has 0 atom stereocenters. The van der Waals surface area contributed by atoms with E-state index < -0.39 is 0 Å². The minimum atomic E-state index is 0.289. The molecule has 4 aromatic rings. The molecular formula is C26H26N8O3. The van der Waals surface area contributed by atoms with E-state index in [0.717, 1.165) is 33.9 Å². The van der Waals surface area contributed by atoms with Crippen LogP contribution >= 0.6 is 0 Å². The zero-order valence-corrected chi connectivity index (χ0v) is 20.6. The highest BCUT2D eigenvalue weighted by molar-refractivity contribution is 5.81. The van der Waals surface area contributed by atoms with Crippen LogP contribution < -0.4 is 25.1 Å². The second-order valence-corrected chi connectivity index (χ2v) is 7.46. The fourth-order valence-corrected chi connectivity index (χ4v) is 3.05. The fraction of sp³-hybridized carbons (Fsp3) is 0.115. The molecule has 11 heteroatoms. The molecule has 188 valence electrons. The Balaban J connectivity index is 1.52. The Morgan fingerprint density at radius 1 is 0.568 bits per heavy atom. The van der Waals surface area contributed by atoms with Crippen LogP contribution in [0.4, 0.5) is 11.9 Å². The summed E-state index contributed by atoms with van der Waals surface area (Å²) in [6.45, 7) is 0. The van der Waals surface area contributed by atoms with Crippen LogP contribution in [0.2, 0.25) is 0 Å². The van der Waals surface area contributed by atoms with Crippen LogP contribution in [0.25, 0.3) is 0 Å². The molecule has 0 amide bonds. The van der Waals surface area contributed by atoms with Crippen molar-refractivity contribution >= 4 is 30.5 Å². The monoisotopic (exact) mass is 498 g/mol. The van der Waals surface area contributed by atoms with Crippen molar-refractivity contribution in [2.24, 2.45) is 15.3 Å². The second-order valence-electron chi connectivity index (χ2n) is 7.46. The number of aromatic nitrogens is 3. The number of methoxy groups -OCH3 is 3. The van der Waals surface area contributed by atoms with Gasteiger partial charge in [-0.25, -0.2) is 10.9 Å². The van der Waals surface area contributed by atoms with E-state index in [1.165, 1.54) is 4.68 Å². The molecule has 1 aromatic heterocycles. The average Bonchev–Trinajstić information content (AvgIpc) is 3.34. The van der Waals surface area contributed by atoms with E-state index in [1.54, 1.807) is 40.0 Å². The molecule has 3 aromatic carbocycles. The first-order valence-corrected chi connectivity index (χ1v) is 11.2. The summed E-state index contributed by atoms with van der Waals surface area (Å²) in [7, 11) is 4.86. The highest BCUT2D eigenvalue weighted by Gasteiger charge is 2.10. The lowest BCUT2D eigenvalue weighted by Gasteiger charge is -2.04. The summed E-state index contributed by atoms with van der Waals surface area (Å²) in [5.74, 6) is 2.87. The van der Waals surface area contributed by atoms with Crippen LogP contribution in [0.15, 0.2) is 88.1 Å². The zero-order valence-electron chi connectivity index (χ0n) is 20.6. The minimum absolute atomic E-state index is 0.289. The molecule has 1 heterocycles. The largest absolute Gasteiger partial charge is 0.497 e. The van der Waals surface area contributed by atoms with Crippen molar-refractivity contribution in [3.8, 4) is 17.2 Å². The first-order chi connectivity index (χ1) is 18.2. The summed E-state index contributed by atoms with van der Waals surface area (Å²) >= 11 is 0. The van der Waals surface area contributed by atoms with E-state index in [4.69, 9.17) is 14.2 Å². The van der Waals surface area contributed by atoms with Crippen molar-refractivity contribution in [2.45, 2.75) is 0 Å². The van der Waals surface area contributed by atoms with Crippen LogP contribution in [0.3, 0.4) is 0 Å². The lowest BCUT2D eigenvalue weighted by atomic mass is 10.2. The van der Waals surface area contributed by atoms with Gasteiger partial charge in [-0.1, -0.05) is 0 Å². The van der Waals surface area contributed by atoms with Gasteiger partial charge in [-0.05, 0) is 89.5 Å². The van der Waals surface area contributed by atoms with Gasteiger partial charge in [0.1, 0.15) is 17.2 Å². The Morgan fingerprint density at radius 2 is 0.919 bits per heavy atom. The summed E-state index contributed by atoms with van der Waals surface area (Å²) in [6, 6.07) is 22.4. The summed E-state index contributed by atoms with van der Waals surface area (Å²) in [4.78, 5) is 0. The molecule has 0 saturated heterocycles. The average molecular weight is 499 g/mol. The number of benzene rings is 3. The number of hydrogen-bond acceptors (Lipinski definition) is 10. The molecule has 0 aliphatic carbocycles. The van der Waals surface area contributed by atoms with E-state index in [2.05, 4.69) is 36.4 Å². The van der Waals surface area contributed by atoms with Crippen molar-refractivity contribution in [2.75, 3.05) is 32.2 Å². The number of hydrogen-bond donors (Lipinski definition) is 2. The number of nitrogens with one attached hydrogen (secondary N) is 2. The van der Waals surface area contributed by atoms with Crippen LogP contribution in [0.1, 0.15) is 16.7 Å². The Labute approximate surface area is 214 Å². The van der Waals surface area contributed by atoms with Crippen LogP contribution in [0, 0.1) is 0 Å². The van der Waals surface area contributed by atoms with Crippen molar-refractivity contribution < 1.29 is 14.2 Å². The molecule has 0 bridgehead atoms. The molecule has 0 aliphatic rings. The van der Waals surface area contributed by atoms with E-state index in [1.807, 2.05) is 72.8 Å². The van der Waals surface area contributed by atoms with E-state index in [0.29, 0.717) is 0 Å². The third kappa shape index (κ3) is 6.92. The van der Waals surface area contributed by atoms with Gasteiger partial charge >= 0.3 is 0 Å². The summed E-state index contributed by atoms with van der Waals surface area (Å²) in [5.41, 5.74) is 8.36. The summed E-state index contributed by atoms with van der Waals surface area (Å²) in [6.07, 6.45) is 4.97. The topological polar surface area (TPSA) is 120 Å². The predicted octanol–water partition coefficient (Wildman–Crippen LogP) is 4.08. The normalized spacial score (nSPS) is 11.3. The van der Waals surface area contributed by atoms with Gasteiger partial charge in [-0.2, -0.15) is 20.0 Å². The lowest BCUT2D eigenvalue weighted by molar-refractivity contribution is 0.414. The summed E-state index contributed by atoms with van der Waals surface area (Å²) in [5, 5.41) is 21.3. The maximum absolute atomic E-state index is 5.21. The van der Waals surface area contributed by atoms with Crippen molar-refractivity contribution in [1.82, 2.24) is 14.9 Å². The Hall–Kier alpha value is -5.19. The Kier molecular flexibility index (Phi) is 8.42. The van der Waals surface area contributed by atoms with Crippen LogP contribution in [0.5, 0.6) is 17.2 Å². The Morgan fingerprint density at radius 3 is 1.27 bits per heavy atom. The fourth-order valence-electron chi connectivity index (χ4n) is 3.05. The highest BCUT2D eigenvalue weighted by atomic mass is 16.5. The lowest BCUT2D eigenvalue weighted by Crippen LogP contribution is -2.03. The summed E-state index contributed by atoms with van der Waals surface area (Å²) < 4.78 is 17.0. The third-order valence-corrected chi connectivity index (χ3v) is 5.07. The predicted molar refractivity (Wildman–Crippen MR) is 144 cm³/mol. The molecule has 37 heavy (non-hydrogen) atoms. The van der Waals surface area contributed by atoms with Crippen molar-refractivity contribution in [3.63, 3.8) is 0 Å². The maximum atomic E-state index is 5.21. The number of hydrazone groups is 2. The van der Waals surface area contributed by atoms with E-state index >= 15 is 0 Å². The smallest absolute Gasteiger partial charge is 0.267 e. The Bertz CT molecular complexity index is 1290. The molecule has 11 nitrogen and oxygen atoms in total. The van der Waals surface area contributed by atoms with Crippen LogP contribution in [-0.4, -0.2) is 54.8 Å². The molecule has 0 saturated carbocycles. The molecule has 0 fully saturated rings. The second kappa shape index (κ2) is 12.5. The van der Waals surface area contributed by atoms with E-state index in [9.17, 15) is 0 Å². The molecule has 0 aliphatic heterocycles. The van der Waals surface area contributed by atoms with Crippen LogP contribution in [-0.2, 0) is 0 Å². The minimum Gasteiger partial charge on any atom is -0.497 e. The standard InChI is InChI=1S/C26H26N8O3/c1-35-22-10-4-19(5-11-22)16-27-30-25-32-33-26(31-28-17-20-6-12-23(36-2)13-7-20)34(25)29-18-21-8-14-24(37-3)15-9-21/h4-18H,1-3H3,(H,30,32)(H,31,33)/b27-16+,28-17+,29-18-. The molecule has 0 spiro atoms. The van der Waals surface area contributed by atoms with Crippen molar-refractivity contribution in [1.29, 1.82) is 0 Å². The first kappa shape index (κ1) is 24.9. The van der Waals surface area contributed by atoms with E-state index in [-0.39, 0.29) is 11.9 Å². The number of ether oxygens (including phenoxy) is 3. The number of rotatable bonds is 11. The first-order valence-electron chi connectivity index (χ1n) is 11.2. The van der Waals surface area contributed by atoms with Gasteiger partial charge in [-0.15, -0.1) is 10.2 Å². The van der Waals surface area contributed by atoms with Gasteiger partial charge < -0.3 is 14.2 Å². The molecule has 2 N–H and O–H groups in total. The maximum Gasteiger partial charge on any atom is 0.267 e. The van der Waals surface area contributed by atoms with Gasteiger partial charge in [0.25, 0.3) is 11.9 Å². The number of anilines is 2. The zero-order chi connectivity index (χ0) is 25.9. The molecule has 4 rings (SSSR count). The van der Waals surface area contributed by atoms with Gasteiger partial charge in [0, 0.05) is 0 Å². The molecular weight excluding hydrogens is 472 g/mol. The highest BCUT2D eigenvalue weighted by Crippen LogP contribution is 2.15. The van der Waals surface area contributed by atoms with Gasteiger partial charge in [0.05, 0.1) is 40.0 Å². The number of nitrogens with zero attached hydrogens (tertiary/aromatic N) is 6. The molecule has 0 radical (unpaired) electrons. The quantitative estimate of drug-likeness (QED) is 0.236. The molecule has 0 unspecified atom stereocenters. The third-order valence-electron chi connectivity index (χ3n) is 5.07.